The first-order valence-corrected chi connectivity index (χ1v) is 13.0. The van der Waals surface area contributed by atoms with E-state index in [1.165, 1.54) is 0 Å². The summed E-state index contributed by atoms with van der Waals surface area (Å²) in [5.41, 5.74) is 7.97. The Balaban J connectivity index is 1.41. The number of amides is 2. The average molecular weight is 550 g/mol. The number of aromatic nitrogens is 1. The van der Waals surface area contributed by atoms with E-state index in [0.29, 0.717) is 27.3 Å². The van der Waals surface area contributed by atoms with Crippen molar-refractivity contribution in [2.45, 2.75) is 31.4 Å². The van der Waals surface area contributed by atoms with Crippen molar-refractivity contribution in [1.29, 1.82) is 0 Å². The fourth-order valence-electron chi connectivity index (χ4n) is 4.62. The lowest BCUT2D eigenvalue weighted by Gasteiger charge is -2.11. The number of hydrogen-bond donors (Lipinski definition) is 4. The average Bonchev–Trinajstić information content (AvgIpc) is 3.72. The molecule has 9 nitrogen and oxygen atoms in total. The van der Waals surface area contributed by atoms with Crippen LogP contribution in [0.25, 0.3) is 21.7 Å². The summed E-state index contributed by atoms with van der Waals surface area (Å²) in [4.78, 5) is 38.0. The number of halogens is 1. The third kappa shape index (κ3) is 5.90. The second-order valence-corrected chi connectivity index (χ2v) is 10.2. The molecule has 2 amide bonds. The van der Waals surface area contributed by atoms with Crippen LogP contribution in [0, 0.1) is 0 Å². The fourth-order valence-corrected chi connectivity index (χ4v) is 4.80. The summed E-state index contributed by atoms with van der Waals surface area (Å²) in [6.45, 7) is -0.964. The van der Waals surface area contributed by atoms with E-state index in [2.05, 4.69) is 5.32 Å². The lowest BCUT2D eigenvalue weighted by molar-refractivity contribution is -0.122. The molecule has 0 bridgehead atoms. The monoisotopic (exact) mass is 549 g/mol. The van der Waals surface area contributed by atoms with E-state index in [4.69, 9.17) is 27.2 Å². The minimum absolute atomic E-state index is 0.0734. The summed E-state index contributed by atoms with van der Waals surface area (Å²) in [6, 6.07) is 14.3. The summed E-state index contributed by atoms with van der Waals surface area (Å²) < 4.78 is 7.52. The number of ether oxygens (including phenoxy) is 1. The van der Waals surface area contributed by atoms with Crippen LogP contribution in [0.4, 0.5) is 0 Å². The van der Waals surface area contributed by atoms with Crippen LogP contribution in [0.15, 0.2) is 54.7 Å². The lowest BCUT2D eigenvalue weighted by atomic mass is 10.0. The van der Waals surface area contributed by atoms with Crippen LogP contribution < -0.4 is 15.8 Å². The number of Topliss-reactive ketones (excluding diaryl/α,β-unsaturated/α-hetero) is 1. The number of rotatable bonds is 11. The van der Waals surface area contributed by atoms with E-state index >= 15 is 0 Å². The van der Waals surface area contributed by atoms with Crippen molar-refractivity contribution in [3.8, 4) is 5.75 Å². The predicted molar refractivity (Wildman–Crippen MR) is 147 cm³/mol. The zero-order chi connectivity index (χ0) is 27.7. The highest BCUT2D eigenvalue weighted by Gasteiger charge is 2.25. The number of ketones is 1. The molecule has 0 radical (unpaired) electrons. The van der Waals surface area contributed by atoms with Gasteiger partial charge >= 0.3 is 0 Å². The number of aliphatic hydroxyl groups excluding tert-OH is 2. The molecule has 5 N–H and O–H groups in total. The van der Waals surface area contributed by atoms with Gasteiger partial charge in [-0.15, -0.1) is 0 Å². The number of nitrogens with one attached hydrogen (secondary N) is 1. The second-order valence-electron chi connectivity index (χ2n) is 9.78. The largest absolute Gasteiger partial charge is 0.485 e. The van der Waals surface area contributed by atoms with Crippen LogP contribution in [0.3, 0.4) is 0 Å². The number of aliphatic hydroxyl groups is 2. The highest BCUT2D eigenvalue weighted by Crippen LogP contribution is 2.41. The van der Waals surface area contributed by atoms with E-state index in [0.717, 1.165) is 29.3 Å². The van der Waals surface area contributed by atoms with Gasteiger partial charge in [-0.1, -0.05) is 29.8 Å². The molecule has 202 valence electrons. The molecule has 1 aliphatic carbocycles. The Hall–Kier alpha value is -3.92. The zero-order valence-corrected chi connectivity index (χ0v) is 21.8. The van der Waals surface area contributed by atoms with Gasteiger partial charge in [0.05, 0.1) is 18.3 Å². The van der Waals surface area contributed by atoms with Gasteiger partial charge in [0.15, 0.2) is 6.61 Å². The predicted octanol–water partition coefficient (Wildman–Crippen LogP) is 3.16. The van der Waals surface area contributed by atoms with Crippen LogP contribution in [0.2, 0.25) is 5.02 Å². The summed E-state index contributed by atoms with van der Waals surface area (Å²) >= 11 is 6.07. The van der Waals surface area contributed by atoms with Gasteiger partial charge in [-0.3, -0.25) is 14.4 Å². The number of carbonyl (C=O) groups excluding carboxylic acids is 3. The Morgan fingerprint density at radius 1 is 1.08 bits per heavy atom. The topological polar surface area (TPSA) is 144 Å². The van der Waals surface area contributed by atoms with E-state index < -0.39 is 18.6 Å². The molecule has 0 saturated heterocycles. The normalized spacial score (nSPS) is 13.9. The SMILES string of the molecule is NC(=O)c1cc2cc(Cl)ccc2cc1OCC(=O)c1cn(CC(=O)NC[C@@H](O)CO)c2cc(C3CC3)ccc12. The summed E-state index contributed by atoms with van der Waals surface area (Å²) in [6.07, 6.45) is 2.77. The van der Waals surface area contributed by atoms with E-state index in [-0.39, 0.29) is 42.7 Å². The molecule has 5 rings (SSSR count). The summed E-state index contributed by atoms with van der Waals surface area (Å²) in [5, 5.41) is 23.8. The van der Waals surface area contributed by atoms with E-state index in [1.807, 2.05) is 18.2 Å². The molecule has 39 heavy (non-hydrogen) atoms. The van der Waals surface area contributed by atoms with Crippen molar-refractivity contribution in [1.82, 2.24) is 9.88 Å². The Morgan fingerprint density at radius 3 is 2.59 bits per heavy atom. The van der Waals surface area contributed by atoms with Crippen LogP contribution in [0.1, 0.15) is 45.0 Å². The van der Waals surface area contributed by atoms with Crippen molar-refractivity contribution >= 4 is 50.9 Å². The molecule has 0 spiro atoms. The molecular formula is C29H28ClN3O6. The molecule has 1 heterocycles. The number of fused-ring (bicyclic) bond motifs is 2. The van der Waals surface area contributed by atoms with E-state index in [1.54, 1.807) is 41.1 Å². The smallest absolute Gasteiger partial charge is 0.252 e. The number of carbonyl (C=O) groups is 3. The first kappa shape index (κ1) is 26.7. The van der Waals surface area contributed by atoms with Crippen LogP contribution in [0.5, 0.6) is 5.75 Å². The quantitative estimate of drug-likeness (QED) is 0.212. The third-order valence-electron chi connectivity index (χ3n) is 6.84. The van der Waals surface area contributed by atoms with Gasteiger partial charge < -0.3 is 30.6 Å². The molecule has 0 aliphatic heterocycles. The Labute approximate surface area is 229 Å². The van der Waals surface area contributed by atoms with Gasteiger partial charge in [0.1, 0.15) is 12.3 Å². The molecule has 1 atom stereocenters. The molecule has 1 saturated carbocycles. The second kappa shape index (κ2) is 11.1. The standard InChI is InChI=1S/C29H28ClN3O6/c30-20-5-3-18-10-27(23(29(31)38)8-19(18)7-20)39-15-26(36)24-12-33(13-28(37)32-11-21(35)14-34)25-9-17(16-1-2-16)4-6-22(24)25/h3-10,12,16,21,34-35H,1-2,11,13-15H2,(H2,31,38)(H,32,37)/t21-/m1/s1. The molecule has 0 unspecified atom stereocenters. The molecule has 3 aromatic carbocycles. The van der Waals surface area contributed by atoms with Crippen LogP contribution >= 0.6 is 11.6 Å². The molecule has 1 aromatic heterocycles. The zero-order valence-electron chi connectivity index (χ0n) is 21.0. The highest BCUT2D eigenvalue weighted by atomic mass is 35.5. The van der Waals surface area contributed by atoms with Crippen molar-refractivity contribution in [2.75, 3.05) is 19.8 Å². The van der Waals surface area contributed by atoms with Gasteiger partial charge in [0.25, 0.3) is 5.91 Å². The molecule has 1 aliphatic rings. The maximum Gasteiger partial charge on any atom is 0.252 e. The summed E-state index contributed by atoms with van der Waals surface area (Å²) in [5.74, 6) is -0.730. The Kier molecular flexibility index (Phi) is 7.56. The molecule has 1 fully saturated rings. The van der Waals surface area contributed by atoms with Crippen LogP contribution in [-0.2, 0) is 11.3 Å². The van der Waals surface area contributed by atoms with Gasteiger partial charge in [-0.05, 0) is 65.4 Å². The number of benzene rings is 3. The Morgan fingerprint density at radius 2 is 1.87 bits per heavy atom. The minimum Gasteiger partial charge on any atom is -0.485 e. The number of primary amides is 1. The maximum absolute atomic E-state index is 13.4. The molecule has 4 aromatic rings. The number of nitrogens with zero attached hydrogens (tertiary/aromatic N) is 1. The van der Waals surface area contributed by atoms with Gasteiger partial charge in [0.2, 0.25) is 11.7 Å². The summed E-state index contributed by atoms with van der Waals surface area (Å²) in [7, 11) is 0. The third-order valence-corrected chi connectivity index (χ3v) is 7.08. The lowest BCUT2D eigenvalue weighted by Crippen LogP contribution is -2.35. The first-order chi connectivity index (χ1) is 18.7. The first-order valence-electron chi connectivity index (χ1n) is 12.6. The van der Waals surface area contributed by atoms with Crippen molar-refractivity contribution in [3.63, 3.8) is 0 Å². The highest BCUT2D eigenvalue weighted by molar-refractivity contribution is 6.31. The molecule has 10 heteroatoms. The van der Waals surface area contributed by atoms with Crippen molar-refractivity contribution < 1.29 is 29.3 Å². The number of hydrogen-bond acceptors (Lipinski definition) is 6. The fraction of sp³-hybridized carbons (Fsp3) is 0.276. The van der Waals surface area contributed by atoms with Crippen molar-refractivity contribution in [3.05, 3.63) is 76.4 Å². The minimum atomic E-state index is -1.05. The Bertz CT molecular complexity index is 1590. The van der Waals surface area contributed by atoms with E-state index in [9.17, 15) is 19.5 Å². The van der Waals surface area contributed by atoms with Crippen LogP contribution in [-0.4, -0.2) is 58.2 Å². The number of nitrogens with two attached hydrogens (primary N) is 1. The van der Waals surface area contributed by atoms with Crippen molar-refractivity contribution in [2.24, 2.45) is 5.73 Å². The van der Waals surface area contributed by atoms with Gasteiger partial charge in [-0.2, -0.15) is 0 Å². The molecular weight excluding hydrogens is 522 g/mol. The maximum atomic E-state index is 13.4. The van der Waals surface area contributed by atoms with Gasteiger partial charge in [-0.25, -0.2) is 0 Å². The van der Waals surface area contributed by atoms with Gasteiger partial charge in [0, 0.05) is 34.2 Å².